The Balaban J connectivity index is 2.95. The first-order valence-corrected chi connectivity index (χ1v) is 5.94. The number of hydrogen-bond donors (Lipinski definition) is 0. The molecule has 0 saturated carbocycles. The van der Waals surface area contributed by atoms with Crippen molar-refractivity contribution in [3.63, 3.8) is 0 Å². The van der Waals surface area contributed by atoms with Gasteiger partial charge in [0.05, 0.1) is 13.0 Å². The van der Waals surface area contributed by atoms with Crippen LogP contribution in [0.15, 0.2) is 18.2 Å². The lowest BCUT2D eigenvalue weighted by Gasteiger charge is -2.15. The number of benzene rings is 1. The number of hydrogen-bond acceptors (Lipinski definition) is 2. The van der Waals surface area contributed by atoms with Gasteiger partial charge in [-0.05, 0) is 30.5 Å². The van der Waals surface area contributed by atoms with Gasteiger partial charge >= 0.3 is 5.97 Å². The third-order valence-corrected chi connectivity index (χ3v) is 2.93. The van der Waals surface area contributed by atoms with Gasteiger partial charge in [0.25, 0.3) is 0 Å². The molecule has 0 saturated heterocycles. The van der Waals surface area contributed by atoms with E-state index in [1.165, 1.54) is 13.2 Å². The zero-order chi connectivity index (χ0) is 12.8. The highest BCUT2D eigenvalue weighted by Crippen LogP contribution is 2.25. The number of methoxy groups -OCH3 is 1. The summed E-state index contributed by atoms with van der Waals surface area (Å²) in [6.45, 7) is 3.77. The molecule has 0 spiro atoms. The van der Waals surface area contributed by atoms with Crippen LogP contribution in [0.4, 0.5) is 4.39 Å². The third kappa shape index (κ3) is 3.55. The largest absolute Gasteiger partial charge is 0.469 e. The van der Waals surface area contributed by atoms with Crippen molar-refractivity contribution in [1.82, 2.24) is 0 Å². The molecule has 0 aliphatic rings. The van der Waals surface area contributed by atoms with Crippen molar-refractivity contribution in [3.8, 4) is 0 Å². The van der Waals surface area contributed by atoms with Crippen LogP contribution in [0.5, 0.6) is 0 Å². The SMILES string of the molecule is CCCCC(C(=O)OC)c1ccc(C)c(F)c1. The molecule has 0 amide bonds. The summed E-state index contributed by atoms with van der Waals surface area (Å²) in [7, 11) is 1.37. The molecular formula is C14H19FO2. The molecule has 1 rings (SSSR count). The van der Waals surface area contributed by atoms with E-state index in [-0.39, 0.29) is 17.7 Å². The van der Waals surface area contributed by atoms with E-state index in [4.69, 9.17) is 4.74 Å². The monoisotopic (exact) mass is 238 g/mol. The van der Waals surface area contributed by atoms with Crippen molar-refractivity contribution in [2.45, 2.75) is 39.0 Å². The molecule has 0 N–H and O–H groups in total. The van der Waals surface area contributed by atoms with Crippen molar-refractivity contribution in [3.05, 3.63) is 35.1 Å². The first-order valence-electron chi connectivity index (χ1n) is 5.94. The number of ether oxygens (including phenoxy) is 1. The smallest absolute Gasteiger partial charge is 0.313 e. The van der Waals surface area contributed by atoms with E-state index in [9.17, 15) is 9.18 Å². The maximum atomic E-state index is 13.5. The number of carbonyl (C=O) groups is 1. The highest BCUT2D eigenvalue weighted by Gasteiger charge is 2.21. The Morgan fingerprint density at radius 3 is 2.71 bits per heavy atom. The molecule has 0 bridgehead atoms. The zero-order valence-corrected chi connectivity index (χ0v) is 10.6. The van der Waals surface area contributed by atoms with Crippen molar-refractivity contribution in [1.29, 1.82) is 0 Å². The molecule has 1 aromatic rings. The van der Waals surface area contributed by atoms with E-state index in [1.54, 1.807) is 19.1 Å². The second-order valence-corrected chi connectivity index (χ2v) is 4.23. The van der Waals surface area contributed by atoms with Crippen LogP contribution in [0, 0.1) is 12.7 Å². The summed E-state index contributed by atoms with van der Waals surface area (Å²) < 4.78 is 18.2. The van der Waals surface area contributed by atoms with Gasteiger partial charge in [0, 0.05) is 0 Å². The Labute approximate surface area is 102 Å². The minimum atomic E-state index is -0.352. The lowest BCUT2D eigenvalue weighted by molar-refractivity contribution is -0.142. The van der Waals surface area contributed by atoms with E-state index in [0.717, 1.165) is 12.8 Å². The van der Waals surface area contributed by atoms with E-state index in [2.05, 4.69) is 6.92 Å². The van der Waals surface area contributed by atoms with Gasteiger partial charge in [0.15, 0.2) is 0 Å². The van der Waals surface area contributed by atoms with Crippen LogP contribution >= 0.6 is 0 Å². The fourth-order valence-electron chi connectivity index (χ4n) is 1.80. The van der Waals surface area contributed by atoms with Crippen LogP contribution in [0.1, 0.15) is 43.2 Å². The summed E-state index contributed by atoms with van der Waals surface area (Å²) in [4.78, 5) is 11.7. The van der Waals surface area contributed by atoms with Crippen LogP contribution < -0.4 is 0 Å². The molecular weight excluding hydrogens is 219 g/mol. The quantitative estimate of drug-likeness (QED) is 0.733. The van der Waals surface area contributed by atoms with Gasteiger partial charge in [-0.25, -0.2) is 4.39 Å². The summed E-state index contributed by atoms with van der Waals surface area (Å²) in [5.41, 5.74) is 1.29. The molecule has 1 aromatic carbocycles. The number of aryl methyl sites for hydroxylation is 1. The minimum absolute atomic E-state index is 0.270. The second-order valence-electron chi connectivity index (χ2n) is 4.23. The van der Waals surface area contributed by atoms with Crippen molar-refractivity contribution >= 4 is 5.97 Å². The van der Waals surface area contributed by atoms with Crippen molar-refractivity contribution in [2.75, 3.05) is 7.11 Å². The van der Waals surface area contributed by atoms with Crippen LogP contribution in [0.25, 0.3) is 0 Å². The van der Waals surface area contributed by atoms with Crippen LogP contribution in [0.3, 0.4) is 0 Å². The average molecular weight is 238 g/mol. The fraction of sp³-hybridized carbons (Fsp3) is 0.500. The Morgan fingerprint density at radius 2 is 2.18 bits per heavy atom. The van der Waals surface area contributed by atoms with Crippen LogP contribution in [-0.4, -0.2) is 13.1 Å². The third-order valence-electron chi connectivity index (χ3n) is 2.93. The average Bonchev–Trinajstić information content (AvgIpc) is 2.33. The highest BCUT2D eigenvalue weighted by atomic mass is 19.1. The summed E-state index contributed by atoms with van der Waals surface area (Å²) in [5.74, 6) is -0.912. The molecule has 0 heterocycles. The molecule has 2 nitrogen and oxygen atoms in total. The molecule has 0 aliphatic heterocycles. The van der Waals surface area contributed by atoms with Crippen molar-refractivity contribution < 1.29 is 13.9 Å². The summed E-state index contributed by atoms with van der Waals surface area (Å²) in [6.07, 6.45) is 2.63. The van der Waals surface area contributed by atoms with Gasteiger partial charge in [-0.2, -0.15) is 0 Å². The van der Waals surface area contributed by atoms with Gasteiger partial charge in [-0.15, -0.1) is 0 Å². The molecule has 1 unspecified atom stereocenters. The number of rotatable bonds is 5. The number of halogens is 1. The molecule has 0 aromatic heterocycles. The number of unbranched alkanes of at least 4 members (excludes halogenated alkanes) is 1. The molecule has 0 radical (unpaired) electrons. The second kappa shape index (κ2) is 6.38. The van der Waals surface area contributed by atoms with E-state index >= 15 is 0 Å². The van der Waals surface area contributed by atoms with Gasteiger partial charge in [-0.3, -0.25) is 4.79 Å². The standard InChI is InChI=1S/C14H19FO2/c1-4-5-6-12(14(16)17-3)11-8-7-10(2)13(15)9-11/h7-9,12H,4-6H2,1-3H3. The number of esters is 1. The van der Waals surface area contributed by atoms with Gasteiger partial charge < -0.3 is 4.74 Å². The van der Waals surface area contributed by atoms with E-state index in [0.29, 0.717) is 17.5 Å². The van der Waals surface area contributed by atoms with Crippen LogP contribution in [-0.2, 0) is 9.53 Å². The predicted molar refractivity (Wildman–Crippen MR) is 65.4 cm³/mol. The minimum Gasteiger partial charge on any atom is -0.469 e. The molecule has 0 fully saturated rings. The van der Waals surface area contributed by atoms with Crippen LogP contribution in [0.2, 0.25) is 0 Å². The Hall–Kier alpha value is -1.38. The lowest BCUT2D eigenvalue weighted by atomic mass is 9.93. The summed E-state index contributed by atoms with van der Waals surface area (Å²) >= 11 is 0. The highest BCUT2D eigenvalue weighted by molar-refractivity contribution is 5.78. The van der Waals surface area contributed by atoms with Gasteiger partial charge in [0.2, 0.25) is 0 Å². The van der Waals surface area contributed by atoms with Gasteiger partial charge in [0.1, 0.15) is 5.82 Å². The van der Waals surface area contributed by atoms with Gasteiger partial charge in [-0.1, -0.05) is 31.9 Å². The molecule has 0 aliphatic carbocycles. The Kier molecular flexibility index (Phi) is 5.13. The fourth-order valence-corrected chi connectivity index (χ4v) is 1.80. The molecule has 94 valence electrons. The normalized spacial score (nSPS) is 12.2. The lowest BCUT2D eigenvalue weighted by Crippen LogP contribution is -2.14. The molecule has 17 heavy (non-hydrogen) atoms. The van der Waals surface area contributed by atoms with Crippen molar-refractivity contribution in [2.24, 2.45) is 0 Å². The van der Waals surface area contributed by atoms with E-state index < -0.39 is 0 Å². The number of carbonyl (C=O) groups excluding carboxylic acids is 1. The first kappa shape index (κ1) is 13.7. The summed E-state index contributed by atoms with van der Waals surface area (Å²) in [6, 6.07) is 4.94. The molecule has 1 atom stereocenters. The first-order chi connectivity index (χ1) is 8.10. The zero-order valence-electron chi connectivity index (χ0n) is 10.6. The topological polar surface area (TPSA) is 26.3 Å². The Morgan fingerprint density at radius 1 is 1.47 bits per heavy atom. The summed E-state index contributed by atoms with van der Waals surface area (Å²) in [5, 5.41) is 0. The maximum absolute atomic E-state index is 13.5. The maximum Gasteiger partial charge on any atom is 0.313 e. The van der Waals surface area contributed by atoms with E-state index in [1.807, 2.05) is 0 Å². The predicted octanol–water partition coefficient (Wildman–Crippen LogP) is 3.58. The molecule has 3 heteroatoms. The Bertz CT molecular complexity index is 388.